The fourth-order valence-corrected chi connectivity index (χ4v) is 6.49. The number of nitrogens with zero attached hydrogens (tertiary/aromatic N) is 1. The van der Waals surface area contributed by atoms with E-state index in [9.17, 15) is 21.2 Å². The van der Waals surface area contributed by atoms with Crippen LogP contribution < -0.4 is 0 Å². The largest absolute Gasteiger partial charge is 0.243 e. The molecule has 9 heteroatoms. The Morgan fingerprint density at radius 1 is 1.39 bits per heavy atom. The lowest BCUT2D eigenvalue weighted by molar-refractivity contribution is 0.308. The Kier molecular flexibility index (Phi) is 5.40. The summed E-state index contributed by atoms with van der Waals surface area (Å²) in [6, 6.07) is 2.60. The van der Waals surface area contributed by atoms with Gasteiger partial charge in [-0.2, -0.15) is 4.31 Å². The van der Waals surface area contributed by atoms with Gasteiger partial charge >= 0.3 is 0 Å². The van der Waals surface area contributed by atoms with Crippen LogP contribution in [0.5, 0.6) is 0 Å². The molecular weight excluding hydrogens is 365 g/mol. The van der Waals surface area contributed by atoms with Crippen molar-refractivity contribution in [2.24, 2.45) is 5.92 Å². The Labute approximate surface area is 141 Å². The molecule has 1 aliphatic rings. The Hall–Kier alpha value is -0.700. The molecule has 0 spiro atoms. The minimum absolute atomic E-state index is 0.0176. The van der Waals surface area contributed by atoms with Gasteiger partial charge in [0, 0.05) is 12.6 Å². The van der Waals surface area contributed by atoms with Crippen molar-refractivity contribution in [3.63, 3.8) is 0 Å². The van der Waals surface area contributed by atoms with Gasteiger partial charge in [-0.15, -0.1) is 0 Å². The number of sulfone groups is 1. The molecule has 1 fully saturated rings. The fourth-order valence-electron chi connectivity index (χ4n) is 2.58. The van der Waals surface area contributed by atoms with E-state index in [2.05, 4.69) is 0 Å². The predicted octanol–water partition coefficient (Wildman–Crippen LogP) is 2.31. The summed E-state index contributed by atoms with van der Waals surface area (Å²) in [5.41, 5.74) is 0. The Balaban J connectivity index is 2.43. The highest BCUT2D eigenvalue weighted by Crippen LogP contribution is 2.28. The van der Waals surface area contributed by atoms with E-state index in [1.807, 2.05) is 13.8 Å². The molecule has 23 heavy (non-hydrogen) atoms. The van der Waals surface area contributed by atoms with Gasteiger partial charge < -0.3 is 0 Å². The van der Waals surface area contributed by atoms with E-state index in [-0.39, 0.29) is 40.3 Å². The molecule has 0 saturated carbocycles. The number of halogens is 2. The van der Waals surface area contributed by atoms with Crippen molar-refractivity contribution in [1.29, 1.82) is 0 Å². The minimum Gasteiger partial charge on any atom is -0.229 e. The lowest BCUT2D eigenvalue weighted by Gasteiger charge is -2.29. The van der Waals surface area contributed by atoms with E-state index in [0.717, 1.165) is 18.2 Å². The second kappa shape index (κ2) is 6.66. The van der Waals surface area contributed by atoms with Crippen LogP contribution in [-0.2, 0) is 19.9 Å². The van der Waals surface area contributed by atoms with Gasteiger partial charge in [0.05, 0.1) is 21.4 Å². The third kappa shape index (κ3) is 4.23. The van der Waals surface area contributed by atoms with Gasteiger partial charge in [0.15, 0.2) is 9.84 Å². The highest BCUT2D eigenvalue weighted by molar-refractivity contribution is 7.92. The number of hydrogen-bond donors (Lipinski definition) is 0. The van der Waals surface area contributed by atoms with Crippen LogP contribution in [0.2, 0.25) is 5.02 Å². The van der Waals surface area contributed by atoms with Crippen LogP contribution in [0.1, 0.15) is 20.3 Å². The minimum atomic E-state index is -3.95. The number of benzene rings is 1. The molecule has 0 aliphatic carbocycles. The quantitative estimate of drug-likeness (QED) is 0.782. The molecule has 0 aromatic heterocycles. The van der Waals surface area contributed by atoms with Gasteiger partial charge in [0.1, 0.15) is 5.82 Å². The molecule has 0 radical (unpaired) electrons. The maximum Gasteiger partial charge on any atom is 0.243 e. The number of hydrogen-bond acceptors (Lipinski definition) is 4. The summed E-state index contributed by atoms with van der Waals surface area (Å²) in [7, 11) is -7.18. The average molecular weight is 384 g/mol. The summed E-state index contributed by atoms with van der Waals surface area (Å²) in [5.74, 6) is -0.895. The molecular formula is C14H19ClFNO4S2. The first kappa shape index (κ1) is 18.6. The molecule has 1 aromatic rings. The predicted molar refractivity (Wildman–Crippen MR) is 87.2 cm³/mol. The van der Waals surface area contributed by atoms with E-state index in [0.29, 0.717) is 0 Å². The zero-order valence-corrected chi connectivity index (χ0v) is 15.3. The van der Waals surface area contributed by atoms with Gasteiger partial charge in [-0.1, -0.05) is 25.4 Å². The lowest BCUT2D eigenvalue weighted by Crippen LogP contribution is -2.43. The molecule has 1 atom stereocenters. The van der Waals surface area contributed by atoms with E-state index >= 15 is 0 Å². The molecule has 130 valence electrons. The smallest absolute Gasteiger partial charge is 0.229 e. The molecule has 1 aromatic carbocycles. The van der Waals surface area contributed by atoms with Crippen LogP contribution in [-0.4, -0.2) is 45.2 Å². The van der Waals surface area contributed by atoms with Gasteiger partial charge in [0.2, 0.25) is 10.0 Å². The first-order valence-corrected chi connectivity index (χ1v) is 10.8. The van der Waals surface area contributed by atoms with Crippen molar-refractivity contribution in [3.8, 4) is 0 Å². The third-order valence-electron chi connectivity index (χ3n) is 3.66. The second-order valence-electron chi connectivity index (χ2n) is 6.10. The molecule has 0 N–H and O–H groups in total. The standard InChI is InChI=1S/C14H19ClFNO4S2/c1-10(2)8-17(11-5-6-22(18,19)9-11)23(20,21)12-3-4-14(16)13(15)7-12/h3-4,7,10-11H,5-6,8-9H2,1-2H3/t11-/m1/s1. The van der Waals surface area contributed by atoms with Crippen LogP contribution in [0.25, 0.3) is 0 Å². The SMILES string of the molecule is CC(C)CN([C@@H]1CCS(=O)(=O)C1)S(=O)(=O)c1ccc(F)c(Cl)c1. The molecule has 0 amide bonds. The molecule has 1 saturated heterocycles. The normalized spacial score (nSPS) is 21.2. The van der Waals surface area contributed by atoms with Crippen LogP contribution in [0.15, 0.2) is 23.1 Å². The number of rotatable bonds is 5. The average Bonchev–Trinajstić information content (AvgIpc) is 2.78. The van der Waals surface area contributed by atoms with Gasteiger partial charge in [-0.05, 0) is 30.5 Å². The Morgan fingerprint density at radius 2 is 2.04 bits per heavy atom. The van der Waals surface area contributed by atoms with Crippen LogP contribution in [0.4, 0.5) is 4.39 Å². The summed E-state index contributed by atoms with van der Waals surface area (Å²) < 4.78 is 63.7. The van der Waals surface area contributed by atoms with Gasteiger partial charge in [-0.25, -0.2) is 21.2 Å². The molecule has 0 unspecified atom stereocenters. The van der Waals surface area contributed by atoms with E-state index < -0.39 is 31.7 Å². The summed E-state index contributed by atoms with van der Waals surface area (Å²) in [6.45, 7) is 3.89. The van der Waals surface area contributed by atoms with E-state index in [1.165, 1.54) is 4.31 Å². The van der Waals surface area contributed by atoms with E-state index in [4.69, 9.17) is 11.6 Å². The summed E-state index contributed by atoms with van der Waals surface area (Å²) >= 11 is 5.68. The summed E-state index contributed by atoms with van der Waals surface area (Å²) in [4.78, 5) is -0.131. The fraction of sp³-hybridized carbons (Fsp3) is 0.571. The highest BCUT2D eigenvalue weighted by Gasteiger charge is 2.39. The Morgan fingerprint density at radius 3 is 2.52 bits per heavy atom. The third-order valence-corrected chi connectivity index (χ3v) is 7.61. The topological polar surface area (TPSA) is 71.5 Å². The monoisotopic (exact) mass is 383 g/mol. The summed E-state index contributed by atoms with van der Waals surface area (Å²) in [6.07, 6.45) is 0.267. The van der Waals surface area contributed by atoms with Crippen molar-refractivity contribution in [2.75, 3.05) is 18.1 Å². The zero-order chi connectivity index (χ0) is 17.4. The molecule has 5 nitrogen and oxygen atoms in total. The van der Waals surface area contributed by atoms with E-state index in [1.54, 1.807) is 0 Å². The first-order valence-electron chi connectivity index (χ1n) is 7.20. The molecule has 0 bridgehead atoms. The Bertz CT molecular complexity index is 793. The van der Waals surface area contributed by atoms with Crippen LogP contribution >= 0.6 is 11.6 Å². The molecule has 1 heterocycles. The zero-order valence-electron chi connectivity index (χ0n) is 12.9. The number of sulfonamides is 1. The van der Waals surface area contributed by atoms with Crippen molar-refractivity contribution < 1.29 is 21.2 Å². The van der Waals surface area contributed by atoms with Crippen molar-refractivity contribution in [3.05, 3.63) is 29.0 Å². The molecule has 2 rings (SSSR count). The second-order valence-corrected chi connectivity index (χ2v) is 10.6. The summed E-state index contributed by atoms with van der Waals surface area (Å²) in [5, 5.41) is -0.283. The van der Waals surface area contributed by atoms with Crippen molar-refractivity contribution >= 4 is 31.5 Å². The molecule has 1 aliphatic heterocycles. The van der Waals surface area contributed by atoms with Crippen molar-refractivity contribution in [2.45, 2.75) is 31.2 Å². The van der Waals surface area contributed by atoms with Crippen LogP contribution in [0, 0.1) is 11.7 Å². The van der Waals surface area contributed by atoms with Crippen molar-refractivity contribution in [1.82, 2.24) is 4.31 Å². The lowest BCUT2D eigenvalue weighted by atomic mass is 10.2. The highest BCUT2D eigenvalue weighted by atomic mass is 35.5. The maximum atomic E-state index is 13.3. The van der Waals surface area contributed by atoms with Gasteiger partial charge in [-0.3, -0.25) is 0 Å². The first-order chi connectivity index (χ1) is 10.5. The maximum absolute atomic E-state index is 13.3. The van der Waals surface area contributed by atoms with Crippen LogP contribution in [0.3, 0.4) is 0 Å². The van der Waals surface area contributed by atoms with Gasteiger partial charge in [0.25, 0.3) is 0 Å².